The third kappa shape index (κ3) is 2.86. The molecule has 0 fully saturated rings. The molecule has 0 atom stereocenters. The van der Waals surface area contributed by atoms with E-state index in [9.17, 15) is 4.79 Å². The van der Waals surface area contributed by atoms with Crippen molar-refractivity contribution < 1.29 is 4.79 Å². The third-order valence-electron chi connectivity index (χ3n) is 4.15. The van der Waals surface area contributed by atoms with Gasteiger partial charge in [-0.25, -0.2) is 0 Å². The average Bonchev–Trinajstić information content (AvgIpc) is 2.98. The van der Waals surface area contributed by atoms with Crippen molar-refractivity contribution in [2.24, 2.45) is 0 Å². The third-order valence-corrected chi connectivity index (χ3v) is 4.15. The van der Waals surface area contributed by atoms with Gasteiger partial charge in [0, 0.05) is 40.7 Å². The number of benzene rings is 2. The summed E-state index contributed by atoms with van der Waals surface area (Å²) >= 11 is 0. The highest BCUT2D eigenvalue weighted by atomic mass is 16.1. The van der Waals surface area contributed by atoms with E-state index in [1.807, 2.05) is 30.3 Å². The molecule has 2 aromatic carbocycles. The first-order valence-electron chi connectivity index (χ1n) is 7.94. The highest BCUT2D eigenvalue weighted by molar-refractivity contribution is 6.07. The second-order valence-corrected chi connectivity index (χ2v) is 5.87. The Hall–Kier alpha value is -3.14. The molecule has 0 radical (unpaired) electrons. The van der Waals surface area contributed by atoms with E-state index < -0.39 is 0 Å². The maximum Gasteiger partial charge on any atom is 0.224 e. The molecule has 0 spiro atoms. The van der Waals surface area contributed by atoms with Crippen molar-refractivity contribution in [2.45, 2.75) is 13.0 Å². The van der Waals surface area contributed by atoms with E-state index in [2.05, 4.69) is 39.6 Å². The monoisotopic (exact) mass is 315 g/mol. The molecule has 0 aliphatic rings. The van der Waals surface area contributed by atoms with Gasteiger partial charge >= 0.3 is 0 Å². The first kappa shape index (κ1) is 14.5. The minimum Gasteiger partial charge on any atom is -0.355 e. The van der Waals surface area contributed by atoms with Crippen LogP contribution in [0.3, 0.4) is 0 Å². The molecule has 4 heteroatoms. The molecule has 4 aromatic rings. The van der Waals surface area contributed by atoms with E-state index in [1.165, 1.54) is 10.8 Å². The summed E-state index contributed by atoms with van der Waals surface area (Å²) in [6, 6.07) is 18.2. The maximum absolute atomic E-state index is 12.2. The molecule has 0 saturated carbocycles. The highest BCUT2D eigenvalue weighted by Crippen LogP contribution is 2.25. The van der Waals surface area contributed by atoms with Crippen LogP contribution in [0.15, 0.2) is 67.0 Å². The van der Waals surface area contributed by atoms with Gasteiger partial charge in [-0.2, -0.15) is 0 Å². The van der Waals surface area contributed by atoms with Gasteiger partial charge in [0.25, 0.3) is 0 Å². The van der Waals surface area contributed by atoms with Crippen molar-refractivity contribution in [3.8, 4) is 0 Å². The Balaban J connectivity index is 1.50. The molecule has 118 valence electrons. The number of aromatic amines is 1. The summed E-state index contributed by atoms with van der Waals surface area (Å²) in [6.45, 7) is 0.501. The predicted octanol–water partition coefficient (Wildman–Crippen LogP) is 3.58. The predicted molar refractivity (Wildman–Crippen MR) is 95.6 cm³/mol. The number of fused-ring (bicyclic) bond motifs is 3. The van der Waals surface area contributed by atoms with Crippen LogP contribution in [0.1, 0.15) is 11.1 Å². The van der Waals surface area contributed by atoms with Crippen LogP contribution in [0, 0.1) is 0 Å². The molecule has 24 heavy (non-hydrogen) atoms. The van der Waals surface area contributed by atoms with Crippen LogP contribution in [-0.4, -0.2) is 15.9 Å². The number of para-hydroxylation sites is 1. The van der Waals surface area contributed by atoms with Crippen LogP contribution >= 0.6 is 0 Å². The largest absolute Gasteiger partial charge is 0.355 e. The number of pyridine rings is 1. The lowest BCUT2D eigenvalue weighted by molar-refractivity contribution is -0.120. The van der Waals surface area contributed by atoms with Crippen LogP contribution in [0.2, 0.25) is 0 Å². The summed E-state index contributed by atoms with van der Waals surface area (Å²) in [5.41, 5.74) is 4.18. The van der Waals surface area contributed by atoms with Crippen molar-refractivity contribution >= 4 is 27.7 Å². The Morgan fingerprint density at radius 1 is 0.958 bits per heavy atom. The lowest BCUT2D eigenvalue weighted by Gasteiger charge is -2.05. The van der Waals surface area contributed by atoms with Crippen LogP contribution in [0.4, 0.5) is 0 Å². The minimum atomic E-state index is 0.00862. The van der Waals surface area contributed by atoms with E-state index in [-0.39, 0.29) is 5.91 Å². The molecule has 4 rings (SSSR count). The van der Waals surface area contributed by atoms with E-state index in [0.717, 1.165) is 22.2 Å². The Morgan fingerprint density at radius 2 is 1.83 bits per heavy atom. The van der Waals surface area contributed by atoms with E-state index in [0.29, 0.717) is 13.0 Å². The topological polar surface area (TPSA) is 57.8 Å². The molecular weight excluding hydrogens is 298 g/mol. The SMILES string of the molecule is O=C(Cc1ccc2c(c1)[nH]c1ccccc12)NCc1cccnc1. The molecule has 4 nitrogen and oxygen atoms in total. The number of amides is 1. The number of hydrogen-bond donors (Lipinski definition) is 2. The van der Waals surface area contributed by atoms with Crippen LogP contribution in [0.25, 0.3) is 21.8 Å². The minimum absolute atomic E-state index is 0.00862. The van der Waals surface area contributed by atoms with Gasteiger partial charge in [-0.1, -0.05) is 36.4 Å². The fourth-order valence-electron chi connectivity index (χ4n) is 2.96. The number of H-pyrrole nitrogens is 1. The zero-order valence-electron chi connectivity index (χ0n) is 13.1. The number of carbonyl (C=O) groups is 1. The Bertz CT molecular complexity index is 1010. The number of aromatic nitrogens is 2. The highest BCUT2D eigenvalue weighted by Gasteiger charge is 2.07. The zero-order valence-corrected chi connectivity index (χ0v) is 13.1. The van der Waals surface area contributed by atoms with Crippen molar-refractivity contribution in [1.82, 2.24) is 15.3 Å². The second-order valence-electron chi connectivity index (χ2n) is 5.87. The van der Waals surface area contributed by atoms with Gasteiger partial charge in [0.15, 0.2) is 0 Å². The molecule has 2 heterocycles. The van der Waals surface area contributed by atoms with Gasteiger partial charge in [-0.05, 0) is 29.3 Å². The summed E-state index contributed by atoms with van der Waals surface area (Å²) in [5, 5.41) is 5.33. The van der Waals surface area contributed by atoms with Gasteiger partial charge in [-0.15, -0.1) is 0 Å². The molecular formula is C20H17N3O. The fraction of sp³-hybridized carbons (Fsp3) is 0.100. The van der Waals surface area contributed by atoms with Crippen molar-refractivity contribution in [3.63, 3.8) is 0 Å². The molecule has 0 saturated heterocycles. The van der Waals surface area contributed by atoms with Gasteiger partial charge < -0.3 is 10.3 Å². The lowest BCUT2D eigenvalue weighted by Crippen LogP contribution is -2.24. The molecule has 2 N–H and O–H groups in total. The molecule has 0 unspecified atom stereocenters. The Morgan fingerprint density at radius 3 is 2.71 bits per heavy atom. The van der Waals surface area contributed by atoms with Gasteiger partial charge in [0.05, 0.1) is 6.42 Å². The quantitative estimate of drug-likeness (QED) is 0.605. The van der Waals surface area contributed by atoms with E-state index >= 15 is 0 Å². The smallest absolute Gasteiger partial charge is 0.224 e. The number of rotatable bonds is 4. The summed E-state index contributed by atoms with van der Waals surface area (Å²) in [6.07, 6.45) is 3.85. The zero-order chi connectivity index (χ0) is 16.4. The Kier molecular flexibility index (Phi) is 3.71. The van der Waals surface area contributed by atoms with Crippen LogP contribution in [-0.2, 0) is 17.8 Å². The maximum atomic E-state index is 12.2. The number of carbonyl (C=O) groups excluding carboxylic acids is 1. The molecule has 0 bridgehead atoms. The molecule has 1 amide bonds. The van der Waals surface area contributed by atoms with Crippen molar-refractivity contribution in [1.29, 1.82) is 0 Å². The molecule has 0 aliphatic carbocycles. The number of nitrogens with one attached hydrogen (secondary N) is 2. The fourth-order valence-corrected chi connectivity index (χ4v) is 2.96. The van der Waals surface area contributed by atoms with Crippen LogP contribution in [0.5, 0.6) is 0 Å². The first-order valence-corrected chi connectivity index (χ1v) is 7.94. The summed E-state index contributed by atoms with van der Waals surface area (Å²) in [5.74, 6) is 0.00862. The summed E-state index contributed by atoms with van der Waals surface area (Å²) in [4.78, 5) is 19.6. The van der Waals surface area contributed by atoms with Gasteiger partial charge in [0.1, 0.15) is 0 Å². The summed E-state index contributed by atoms with van der Waals surface area (Å²) in [7, 11) is 0. The van der Waals surface area contributed by atoms with E-state index in [1.54, 1.807) is 12.4 Å². The average molecular weight is 315 g/mol. The van der Waals surface area contributed by atoms with Crippen LogP contribution < -0.4 is 5.32 Å². The molecule has 2 aromatic heterocycles. The normalized spacial score (nSPS) is 11.0. The first-order chi connectivity index (χ1) is 11.8. The van der Waals surface area contributed by atoms with Gasteiger partial charge in [-0.3, -0.25) is 9.78 Å². The molecule has 0 aliphatic heterocycles. The second kappa shape index (κ2) is 6.16. The standard InChI is InChI=1S/C20H17N3O/c24-20(22-13-15-4-3-9-21-12-15)11-14-7-8-17-16-5-1-2-6-18(16)23-19(17)10-14/h1-10,12,23H,11,13H2,(H,22,24). The lowest BCUT2D eigenvalue weighted by atomic mass is 10.1. The van der Waals surface area contributed by atoms with Gasteiger partial charge in [0.2, 0.25) is 5.91 Å². The van der Waals surface area contributed by atoms with Crippen molar-refractivity contribution in [2.75, 3.05) is 0 Å². The summed E-state index contributed by atoms with van der Waals surface area (Å²) < 4.78 is 0. The number of nitrogens with zero attached hydrogens (tertiary/aromatic N) is 1. The van der Waals surface area contributed by atoms with E-state index in [4.69, 9.17) is 0 Å². The Labute approximate surface area is 139 Å². The van der Waals surface area contributed by atoms with Crippen molar-refractivity contribution in [3.05, 3.63) is 78.1 Å². The number of hydrogen-bond acceptors (Lipinski definition) is 2.